The maximum Gasteiger partial charge on any atom is 0.335 e. The fourth-order valence-electron chi connectivity index (χ4n) is 1.91. The topological polar surface area (TPSA) is 58.6 Å². The van der Waals surface area contributed by atoms with Crippen LogP contribution in [0.2, 0.25) is 0 Å². The summed E-state index contributed by atoms with van der Waals surface area (Å²) in [7, 11) is 0. The first-order valence-corrected chi connectivity index (χ1v) is 6.33. The van der Waals surface area contributed by atoms with E-state index in [1.54, 1.807) is 24.3 Å². The fraction of sp³-hybridized carbons (Fsp3) is 0.500. The molecule has 2 N–H and O–H groups in total. The van der Waals surface area contributed by atoms with Crippen molar-refractivity contribution in [3.63, 3.8) is 0 Å². The molecule has 4 nitrogen and oxygen atoms in total. The first-order valence-electron chi connectivity index (χ1n) is 6.33. The largest absolute Gasteiger partial charge is 0.492 e. The van der Waals surface area contributed by atoms with Gasteiger partial charge in [0.2, 0.25) is 0 Å². The Kier molecular flexibility index (Phi) is 4.20. The van der Waals surface area contributed by atoms with Crippen molar-refractivity contribution in [2.75, 3.05) is 19.7 Å². The maximum absolute atomic E-state index is 10.7. The van der Waals surface area contributed by atoms with Crippen molar-refractivity contribution in [3.8, 4) is 5.75 Å². The van der Waals surface area contributed by atoms with E-state index in [9.17, 15) is 4.79 Å². The highest BCUT2D eigenvalue weighted by molar-refractivity contribution is 5.87. The van der Waals surface area contributed by atoms with Crippen LogP contribution >= 0.6 is 0 Å². The van der Waals surface area contributed by atoms with E-state index < -0.39 is 5.97 Å². The number of benzene rings is 1. The molecule has 0 amide bonds. The predicted molar refractivity (Wildman–Crippen MR) is 69.0 cm³/mol. The van der Waals surface area contributed by atoms with Gasteiger partial charge in [0.1, 0.15) is 12.4 Å². The third-order valence-corrected chi connectivity index (χ3v) is 3.33. The van der Waals surface area contributed by atoms with Gasteiger partial charge in [0.05, 0.1) is 5.56 Å². The van der Waals surface area contributed by atoms with Crippen LogP contribution in [0.3, 0.4) is 0 Å². The Morgan fingerprint density at radius 2 is 2.11 bits per heavy atom. The molecule has 0 aliphatic heterocycles. The smallest absolute Gasteiger partial charge is 0.335 e. The molecule has 0 heterocycles. The standard InChI is InChI=1S/C14H19NO3/c1-10-8-12(10)9-15-6-7-18-13-4-2-11(3-5-13)14(16)17/h2-5,10,12,15H,6-9H2,1H3,(H,16,17). The van der Waals surface area contributed by atoms with Crippen LogP contribution in [0.25, 0.3) is 0 Å². The monoisotopic (exact) mass is 249 g/mol. The summed E-state index contributed by atoms with van der Waals surface area (Å²) in [6, 6.07) is 6.48. The molecule has 2 unspecified atom stereocenters. The van der Waals surface area contributed by atoms with Crippen LogP contribution in [0, 0.1) is 11.8 Å². The summed E-state index contributed by atoms with van der Waals surface area (Å²) in [5.74, 6) is 1.52. The third-order valence-electron chi connectivity index (χ3n) is 3.33. The van der Waals surface area contributed by atoms with E-state index in [0.29, 0.717) is 12.4 Å². The van der Waals surface area contributed by atoms with Crippen LogP contribution in [-0.2, 0) is 0 Å². The number of nitrogens with one attached hydrogen (secondary N) is 1. The molecule has 1 aromatic rings. The van der Waals surface area contributed by atoms with Gasteiger partial charge in [0, 0.05) is 6.54 Å². The minimum Gasteiger partial charge on any atom is -0.492 e. The van der Waals surface area contributed by atoms with Crippen LogP contribution in [-0.4, -0.2) is 30.8 Å². The lowest BCUT2D eigenvalue weighted by Gasteiger charge is -2.07. The maximum atomic E-state index is 10.7. The number of hydrogen-bond donors (Lipinski definition) is 2. The molecule has 0 spiro atoms. The molecule has 1 aliphatic rings. The van der Waals surface area contributed by atoms with Gasteiger partial charge in [-0.25, -0.2) is 4.79 Å². The molecule has 0 saturated heterocycles. The first kappa shape index (κ1) is 12.9. The molecule has 1 aliphatic carbocycles. The molecule has 0 radical (unpaired) electrons. The number of carbonyl (C=O) groups is 1. The van der Waals surface area contributed by atoms with Gasteiger partial charge in [-0.15, -0.1) is 0 Å². The zero-order valence-corrected chi connectivity index (χ0v) is 10.6. The highest BCUT2D eigenvalue weighted by Crippen LogP contribution is 2.36. The number of hydrogen-bond acceptors (Lipinski definition) is 3. The summed E-state index contributed by atoms with van der Waals surface area (Å²) in [4.78, 5) is 10.7. The Balaban J connectivity index is 1.62. The van der Waals surface area contributed by atoms with E-state index in [-0.39, 0.29) is 5.56 Å². The number of carboxylic acids is 1. The Morgan fingerprint density at radius 1 is 1.44 bits per heavy atom. The van der Waals surface area contributed by atoms with Crippen molar-refractivity contribution >= 4 is 5.97 Å². The lowest BCUT2D eigenvalue weighted by atomic mass is 10.2. The van der Waals surface area contributed by atoms with E-state index in [4.69, 9.17) is 9.84 Å². The van der Waals surface area contributed by atoms with Gasteiger partial charge in [0.15, 0.2) is 0 Å². The van der Waals surface area contributed by atoms with Gasteiger partial charge in [-0.05, 0) is 49.1 Å². The molecular formula is C14H19NO3. The quantitative estimate of drug-likeness (QED) is 0.726. The van der Waals surface area contributed by atoms with Crippen LogP contribution in [0.15, 0.2) is 24.3 Å². The second kappa shape index (κ2) is 5.87. The molecule has 0 aromatic heterocycles. The summed E-state index contributed by atoms with van der Waals surface area (Å²) >= 11 is 0. The van der Waals surface area contributed by atoms with Crippen molar-refractivity contribution < 1.29 is 14.6 Å². The summed E-state index contributed by atoms with van der Waals surface area (Å²) in [6.45, 7) is 4.77. The van der Waals surface area contributed by atoms with Crippen molar-refractivity contribution in [3.05, 3.63) is 29.8 Å². The normalized spacial score (nSPS) is 21.6. The molecule has 0 bridgehead atoms. The Morgan fingerprint density at radius 3 is 2.67 bits per heavy atom. The minimum absolute atomic E-state index is 0.281. The molecule has 18 heavy (non-hydrogen) atoms. The van der Waals surface area contributed by atoms with Crippen molar-refractivity contribution in [2.45, 2.75) is 13.3 Å². The van der Waals surface area contributed by atoms with Crippen molar-refractivity contribution in [1.82, 2.24) is 5.32 Å². The lowest BCUT2D eigenvalue weighted by Crippen LogP contribution is -2.23. The third kappa shape index (κ3) is 3.74. The van der Waals surface area contributed by atoms with Crippen molar-refractivity contribution in [1.29, 1.82) is 0 Å². The Labute approximate surface area is 107 Å². The lowest BCUT2D eigenvalue weighted by molar-refractivity contribution is 0.0697. The molecule has 1 aromatic carbocycles. The first-order chi connectivity index (χ1) is 8.66. The molecule has 98 valence electrons. The van der Waals surface area contributed by atoms with Gasteiger partial charge in [-0.2, -0.15) is 0 Å². The molecule has 4 heteroatoms. The number of rotatable bonds is 7. The highest BCUT2D eigenvalue weighted by atomic mass is 16.5. The van der Waals surface area contributed by atoms with E-state index in [0.717, 1.165) is 24.9 Å². The van der Waals surface area contributed by atoms with Crippen LogP contribution < -0.4 is 10.1 Å². The average molecular weight is 249 g/mol. The molecule has 2 atom stereocenters. The Bertz CT molecular complexity index is 402. The van der Waals surface area contributed by atoms with E-state index in [2.05, 4.69) is 12.2 Å². The SMILES string of the molecule is CC1CC1CNCCOc1ccc(C(=O)O)cc1. The van der Waals surface area contributed by atoms with E-state index in [1.165, 1.54) is 6.42 Å². The second-order valence-corrected chi connectivity index (χ2v) is 4.86. The predicted octanol–water partition coefficient (Wildman–Crippen LogP) is 2.01. The van der Waals surface area contributed by atoms with E-state index >= 15 is 0 Å². The molecule has 2 rings (SSSR count). The van der Waals surface area contributed by atoms with Gasteiger partial charge >= 0.3 is 5.97 Å². The van der Waals surface area contributed by atoms with Crippen LogP contribution in [0.5, 0.6) is 5.75 Å². The molecular weight excluding hydrogens is 230 g/mol. The minimum atomic E-state index is -0.915. The zero-order chi connectivity index (χ0) is 13.0. The fourth-order valence-corrected chi connectivity index (χ4v) is 1.91. The van der Waals surface area contributed by atoms with Gasteiger partial charge in [-0.3, -0.25) is 0 Å². The summed E-state index contributed by atoms with van der Waals surface area (Å²) in [5.41, 5.74) is 0.281. The summed E-state index contributed by atoms with van der Waals surface area (Å²) in [6.07, 6.45) is 1.34. The zero-order valence-electron chi connectivity index (χ0n) is 10.6. The van der Waals surface area contributed by atoms with E-state index in [1.807, 2.05) is 0 Å². The average Bonchev–Trinajstić information content (AvgIpc) is 3.05. The number of aromatic carboxylic acids is 1. The molecule has 1 saturated carbocycles. The summed E-state index contributed by atoms with van der Waals surface area (Å²) < 4.78 is 5.51. The number of carboxylic acid groups (broad SMARTS) is 1. The summed E-state index contributed by atoms with van der Waals surface area (Å²) in [5, 5.41) is 12.1. The number of ether oxygens (including phenoxy) is 1. The molecule has 1 fully saturated rings. The van der Waals surface area contributed by atoms with Gasteiger partial charge in [-0.1, -0.05) is 6.92 Å². The second-order valence-electron chi connectivity index (χ2n) is 4.86. The van der Waals surface area contributed by atoms with Gasteiger partial charge in [0.25, 0.3) is 0 Å². The van der Waals surface area contributed by atoms with Crippen LogP contribution in [0.1, 0.15) is 23.7 Å². The van der Waals surface area contributed by atoms with Gasteiger partial charge < -0.3 is 15.2 Å². The Hall–Kier alpha value is -1.55. The van der Waals surface area contributed by atoms with Crippen molar-refractivity contribution in [2.24, 2.45) is 11.8 Å². The van der Waals surface area contributed by atoms with Crippen LogP contribution in [0.4, 0.5) is 0 Å². The highest BCUT2D eigenvalue weighted by Gasteiger charge is 2.31.